The number of nitrogens with zero attached hydrogens (tertiary/aromatic N) is 2. The van der Waals surface area contributed by atoms with Crippen molar-refractivity contribution in [2.45, 2.75) is 31.7 Å². The maximum Gasteiger partial charge on any atom is 0.226 e. The standard InChI is InChI=1S/C12H21N3O2.ClH/c1-14-6-4-9(7-11(14)16)12(17)15-5-2-3-10(15)8-13;/h9-10H,2-8,13H2,1H3;1H. The van der Waals surface area contributed by atoms with E-state index in [1.54, 1.807) is 11.9 Å². The molecule has 0 bridgehead atoms. The topological polar surface area (TPSA) is 66.6 Å². The van der Waals surface area contributed by atoms with Crippen molar-refractivity contribution in [3.05, 3.63) is 0 Å². The second-order valence-corrected chi connectivity index (χ2v) is 5.07. The molecule has 18 heavy (non-hydrogen) atoms. The molecule has 0 aliphatic carbocycles. The Balaban J connectivity index is 0.00000162. The molecule has 5 nitrogen and oxygen atoms in total. The van der Waals surface area contributed by atoms with Gasteiger partial charge in [-0.25, -0.2) is 0 Å². The minimum Gasteiger partial charge on any atom is -0.346 e. The second kappa shape index (κ2) is 6.38. The normalized spacial score (nSPS) is 28.2. The first kappa shape index (κ1) is 15.2. The molecule has 0 spiro atoms. The van der Waals surface area contributed by atoms with Crippen molar-refractivity contribution in [1.29, 1.82) is 0 Å². The monoisotopic (exact) mass is 275 g/mol. The van der Waals surface area contributed by atoms with Crippen LogP contribution >= 0.6 is 12.4 Å². The summed E-state index contributed by atoms with van der Waals surface area (Å²) < 4.78 is 0. The number of hydrogen-bond donors (Lipinski definition) is 1. The lowest BCUT2D eigenvalue weighted by Crippen LogP contribution is -2.47. The molecule has 2 amide bonds. The van der Waals surface area contributed by atoms with E-state index in [0.717, 1.165) is 25.8 Å². The van der Waals surface area contributed by atoms with Gasteiger partial charge in [-0.15, -0.1) is 12.4 Å². The third kappa shape index (κ3) is 2.95. The van der Waals surface area contributed by atoms with Crippen LogP contribution in [0.4, 0.5) is 0 Å². The molecule has 2 saturated heterocycles. The number of piperidine rings is 1. The van der Waals surface area contributed by atoms with Crippen LogP contribution in [0.1, 0.15) is 25.7 Å². The molecule has 2 rings (SSSR count). The molecule has 2 heterocycles. The lowest BCUT2D eigenvalue weighted by Gasteiger charge is -2.32. The number of nitrogens with two attached hydrogens (primary N) is 1. The molecule has 2 aliphatic rings. The SMILES string of the molecule is CN1CCC(C(=O)N2CCCC2CN)CC1=O.Cl. The predicted octanol–water partition coefficient (Wildman–Crippen LogP) is 0.226. The van der Waals surface area contributed by atoms with Crippen molar-refractivity contribution < 1.29 is 9.59 Å². The molecule has 2 aliphatic heterocycles. The van der Waals surface area contributed by atoms with Gasteiger partial charge in [0, 0.05) is 45.1 Å². The van der Waals surface area contributed by atoms with Gasteiger partial charge >= 0.3 is 0 Å². The first-order valence-corrected chi connectivity index (χ1v) is 6.38. The Bertz CT molecular complexity index is 324. The van der Waals surface area contributed by atoms with E-state index in [9.17, 15) is 9.59 Å². The van der Waals surface area contributed by atoms with Gasteiger partial charge in [0.15, 0.2) is 0 Å². The van der Waals surface area contributed by atoms with Gasteiger partial charge in [0.1, 0.15) is 0 Å². The molecule has 0 radical (unpaired) electrons. The minimum atomic E-state index is -0.120. The average molecular weight is 276 g/mol. The van der Waals surface area contributed by atoms with E-state index in [4.69, 9.17) is 5.73 Å². The third-order valence-corrected chi connectivity index (χ3v) is 3.94. The molecule has 0 aromatic rings. The van der Waals surface area contributed by atoms with E-state index in [-0.39, 0.29) is 36.2 Å². The number of rotatable bonds is 2. The summed E-state index contributed by atoms with van der Waals surface area (Å²) in [7, 11) is 1.79. The maximum absolute atomic E-state index is 12.3. The van der Waals surface area contributed by atoms with Gasteiger partial charge in [0.25, 0.3) is 0 Å². The van der Waals surface area contributed by atoms with Gasteiger partial charge in [-0.05, 0) is 19.3 Å². The van der Waals surface area contributed by atoms with E-state index in [1.807, 2.05) is 4.90 Å². The molecule has 2 unspecified atom stereocenters. The molecule has 0 saturated carbocycles. The lowest BCUT2D eigenvalue weighted by atomic mass is 9.94. The highest BCUT2D eigenvalue weighted by Crippen LogP contribution is 2.24. The van der Waals surface area contributed by atoms with E-state index >= 15 is 0 Å². The summed E-state index contributed by atoms with van der Waals surface area (Å²) in [4.78, 5) is 27.5. The summed E-state index contributed by atoms with van der Waals surface area (Å²) in [6.07, 6.45) is 3.19. The second-order valence-electron chi connectivity index (χ2n) is 5.07. The number of amides is 2. The molecule has 104 valence electrons. The van der Waals surface area contributed by atoms with Gasteiger partial charge in [0.05, 0.1) is 0 Å². The van der Waals surface area contributed by atoms with Crippen LogP contribution in [0.3, 0.4) is 0 Å². The summed E-state index contributed by atoms with van der Waals surface area (Å²) in [6, 6.07) is 0.192. The smallest absolute Gasteiger partial charge is 0.226 e. The summed E-state index contributed by atoms with van der Waals surface area (Å²) >= 11 is 0. The highest BCUT2D eigenvalue weighted by atomic mass is 35.5. The van der Waals surface area contributed by atoms with Crippen molar-refractivity contribution in [3.8, 4) is 0 Å². The Labute approximate surface area is 114 Å². The number of carbonyl (C=O) groups is 2. The zero-order valence-corrected chi connectivity index (χ0v) is 11.6. The van der Waals surface area contributed by atoms with Gasteiger partial charge < -0.3 is 15.5 Å². The Morgan fingerprint density at radius 3 is 2.72 bits per heavy atom. The molecule has 0 aromatic carbocycles. The van der Waals surface area contributed by atoms with Crippen molar-refractivity contribution in [2.75, 3.05) is 26.7 Å². The van der Waals surface area contributed by atoms with Crippen LogP contribution in [0.5, 0.6) is 0 Å². The Kier molecular flexibility index (Phi) is 5.41. The van der Waals surface area contributed by atoms with Crippen LogP contribution in [0.25, 0.3) is 0 Å². The Morgan fingerprint density at radius 2 is 2.11 bits per heavy atom. The number of likely N-dealkylation sites (tertiary alicyclic amines) is 2. The third-order valence-electron chi connectivity index (χ3n) is 3.94. The lowest BCUT2D eigenvalue weighted by molar-refractivity contribution is -0.144. The summed E-state index contributed by atoms with van der Waals surface area (Å²) in [5.74, 6) is 0.100. The number of halogens is 1. The molecule has 2 N–H and O–H groups in total. The molecular weight excluding hydrogens is 254 g/mol. The first-order chi connectivity index (χ1) is 8.13. The summed E-state index contributed by atoms with van der Waals surface area (Å²) in [6.45, 7) is 2.03. The average Bonchev–Trinajstić information content (AvgIpc) is 2.80. The van der Waals surface area contributed by atoms with Crippen LogP contribution in [-0.4, -0.2) is 54.3 Å². The fourth-order valence-electron chi connectivity index (χ4n) is 2.76. The maximum atomic E-state index is 12.3. The largest absolute Gasteiger partial charge is 0.346 e. The van der Waals surface area contributed by atoms with E-state index in [2.05, 4.69) is 0 Å². The Morgan fingerprint density at radius 1 is 1.39 bits per heavy atom. The van der Waals surface area contributed by atoms with E-state index in [1.165, 1.54) is 0 Å². The van der Waals surface area contributed by atoms with Crippen molar-refractivity contribution in [3.63, 3.8) is 0 Å². The molecule has 0 aromatic heterocycles. The van der Waals surface area contributed by atoms with Crippen molar-refractivity contribution >= 4 is 24.2 Å². The highest BCUT2D eigenvalue weighted by molar-refractivity contribution is 5.87. The van der Waals surface area contributed by atoms with Crippen LogP contribution in [0, 0.1) is 5.92 Å². The fraction of sp³-hybridized carbons (Fsp3) is 0.833. The van der Waals surface area contributed by atoms with Crippen LogP contribution < -0.4 is 5.73 Å². The zero-order valence-electron chi connectivity index (χ0n) is 10.8. The quantitative estimate of drug-likeness (QED) is 0.784. The minimum absolute atomic E-state index is 0. The van der Waals surface area contributed by atoms with Gasteiger partial charge in [-0.1, -0.05) is 0 Å². The van der Waals surface area contributed by atoms with Crippen molar-refractivity contribution in [1.82, 2.24) is 9.80 Å². The summed E-state index contributed by atoms with van der Waals surface area (Å²) in [5.41, 5.74) is 5.67. The number of carbonyl (C=O) groups excluding carboxylic acids is 2. The predicted molar refractivity (Wildman–Crippen MR) is 71.4 cm³/mol. The van der Waals surface area contributed by atoms with Crippen molar-refractivity contribution in [2.24, 2.45) is 11.7 Å². The Hall–Kier alpha value is -0.810. The van der Waals surface area contributed by atoms with E-state index in [0.29, 0.717) is 19.5 Å². The highest BCUT2D eigenvalue weighted by Gasteiger charge is 2.35. The van der Waals surface area contributed by atoms with Gasteiger partial charge in [-0.2, -0.15) is 0 Å². The summed E-state index contributed by atoms with van der Waals surface area (Å²) in [5, 5.41) is 0. The fourth-order valence-corrected chi connectivity index (χ4v) is 2.76. The van der Waals surface area contributed by atoms with Crippen LogP contribution in [0.2, 0.25) is 0 Å². The van der Waals surface area contributed by atoms with Gasteiger partial charge in [0.2, 0.25) is 11.8 Å². The van der Waals surface area contributed by atoms with E-state index < -0.39 is 0 Å². The zero-order chi connectivity index (χ0) is 12.4. The van der Waals surface area contributed by atoms with Crippen LogP contribution in [0.15, 0.2) is 0 Å². The molecule has 2 atom stereocenters. The molecular formula is C12H22ClN3O2. The molecule has 2 fully saturated rings. The van der Waals surface area contributed by atoms with Crippen LogP contribution in [-0.2, 0) is 9.59 Å². The first-order valence-electron chi connectivity index (χ1n) is 6.38. The molecule has 6 heteroatoms. The number of hydrogen-bond acceptors (Lipinski definition) is 3. The van der Waals surface area contributed by atoms with Gasteiger partial charge in [-0.3, -0.25) is 9.59 Å².